The number of hydrogen-bond donors (Lipinski definition) is 1. The summed E-state index contributed by atoms with van der Waals surface area (Å²) in [5, 5.41) is 7.14. The number of rotatable bonds is 3. The smallest absolute Gasteiger partial charge is 0.213 e. The zero-order valence-electron chi connectivity index (χ0n) is 8.11. The molecule has 0 spiro atoms. The molecule has 1 N–H and O–H groups in total. The highest BCUT2D eigenvalue weighted by Crippen LogP contribution is 2.08. The highest BCUT2D eigenvalue weighted by molar-refractivity contribution is 4.79. The summed E-state index contributed by atoms with van der Waals surface area (Å²) in [7, 11) is 0. The van der Waals surface area contributed by atoms with Crippen LogP contribution in [-0.4, -0.2) is 29.4 Å². The standard InChI is InChI=1S/C9H15N3O2/c1-2-8(3-5-13-4-1)10-6-9-11-7-14-12-9/h7-8,10H,1-6H2. The van der Waals surface area contributed by atoms with E-state index in [1.54, 1.807) is 0 Å². The molecule has 0 saturated carbocycles. The molecule has 0 amide bonds. The third-order valence-electron chi connectivity index (χ3n) is 2.41. The third-order valence-corrected chi connectivity index (χ3v) is 2.41. The molecule has 5 nitrogen and oxygen atoms in total. The Morgan fingerprint density at radius 2 is 2.43 bits per heavy atom. The lowest BCUT2D eigenvalue weighted by atomic mass is 10.1. The zero-order valence-corrected chi connectivity index (χ0v) is 8.11. The lowest BCUT2D eigenvalue weighted by Gasteiger charge is -2.13. The Balaban J connectivity index is 1.73. The minimum atomic E-state index is 0.524. The van der Waals surface area contributed by atoms with E-state index in [0.717, 1.165) is 38.3 Å². The highest BCUT2D eigenvalue weighted by atomic mass is 16.5. The first-order chi connectivity index (χ1) is 6.95. The number of nitrogens with one attached hydrogen (secondary N) is 1. The van der Waals surface area contributed by atoms with Crippen molar-refractivity contribution in [3.05, 3.63) is 12.2 Å². The van der Waals surface area contributed by atoms with Crippen LogP contribution in [0.4, 0.5) is 0 Å². The average Bonchev–Trinajstić information content (AvgIpc) is 2.58. The number of ether oxygens (including phenoxy) is 1. The van der Waals surface area contributed by atoms with Gasteiger partial charge < -0.3 is 14.6 Å². The summed E-state index contributed by atoms with van der Waals surface area (Å²) in [5.74, 6) is 0.718. The molecule has 1 aliphatic rings. The van der Waals surface area contributed by atoms with Gasteiger partial charge in [0.25, 0.3) is 0 Å². The molecular weight excluding hydrogens is 182 g/mol. The molecule has 0 bridgehead atoms. The van der Waals surface area contributed by atoms with Crippen LogP contribution >= 0.6 is 0 Å². The van der Waals surface area contributed by atoms with Crippen molar-refractivity contribution in [3.63, 3.8) is 0 Å². The van der Waals surface area contributed by atoms with E-state index in [9.17, 15) is 0 Å². The van der Waals surface area contributed by atoms with Crippen LogP contribution in [0.3, 0.4) is 0 Å². The monoisotopic (exact) mass is 197 g/mol. The van der Waals surface area contributed by atoms with Gasteiger partial charge in [-0.15, -0.1) is 0 Å². The highest BCUT2D eigenvalue weighted by Gasteiger charge is 2.12. The second-order valence-electron chi connectivity index (χ2n) is 3.47. The number of hydrogen-bond acceptors (Lipinski definition) is 5. The predicted molar refractivity (Wildman–Crippen MR) is 49.6 cm³/mol. The third kappa shape index (κ3) is 2.78. The van der Waals surface area contributed by atoms with Gasteiger partial charge in [-0.2, -0.15) is 4.98 Å². The Hall–Kier alpha value is -0.940. The lowest BCUT2D eigenvalue weighted by Crippen LogP contribution is -2.29. The van der Waals surface area contributed by atoms with Crippen LogP contribution in [0, 0.1) is 0 Å². The second kappa shape index (κ2) is 5.07. The van der Waals surface area contributed by atoms with E-state index in [0.29, 0.717) is 12.6 Å². The predicted octanol–water partition coefficient (Wildman–Crippen LogP) is 0.728. The van der Waals surface area contributed by atoms with Crippen LogP contribution in [0.15, 0.2) is 10.9 Å². The summed E-state index contributed by atoms with van der Waals surface area (Å²) in [6.07, 6.45) is 4.72. The average molecular weight is 197 g/mol. The summed E-state index contributed by atoms with van der Waals surface area (Å²) in [6, 6.07) is 0.524. The maximum atomic E-state index is 5.37. The first kappa shape index (κ1) is 9.61. The van der Waals surface area contributed by atoms with Crippen LogP contribution in [0.25, 0.3) is 0 Å². The fourth-order valence-corrected chi connectivity index (χ4v) is 1.61. The van der Waals surface area contributed by atoms with E-state index in [1.165, 1.54) is 6.39 Å². The lowest BCUT2D eigenvalue weighted by molar-refractivity contribution is 0.142. The van der Waals surface area contributed by atoms with Gasteiger partial charge in [-0.25, -0.2) is 0 Å². The maximum Gasteiger partial charge on any atom is 0.213 e. The minimum Gasteiger partial charge on any atom is -0.381 e. The van der Waals surface area contributed by atoms with Crippen LogP contribution in [0.2, 0.25) is 0 Å². The van der Waals surface area contributed by atoms with Crippen LogP contribution in [-0.2, 0) is 11.3 Å². The molecule has 1 unspecified atom stereocenters. The van der Waals surface area contributed by atoms with Gasteiger partial charge in [0.05, 0.1) is 6.54 Å². The molecule has 1 atom stereocenters. The van der Waals surface area contributed by atoms with Crippen molar-refractivity contribution in [2.45, 2.75) is 31.8 Å². The largest absolute Gasteiger partial charge is 0.381 e. The SMILES string of the molecule is c1nc(CNC2CCCOCC2)no1. The summed E-state index contributed by atoms with van der Waals surface area (Å²) >= 11 is 0. The first-order valence-corrected chi connectivity index (χ1v) is 5.01. The van der Waals surface area contributed by atoms with Crippen molar-refractivity contribution in [1.82, 2.24) is 15.5 Å². The fourth-order valence-electron chi connectivity index (χ4n) is 1.61. The zero-order chi connectivity index (χ0) is 9.64. The van der Waals surface area contributed by atoms with E-state index in [1.807, 2.05) is 0 Å². The summed E-state index contributed by atoms with van der Waals surface area (Å²) < 4.78 is 10.0. The normalized spacial score (nSPS) is 23.3. The molecule has 0 aromatic carbocycles. The second-order valence-corrected chi connectivity index (χ2v) is 3.47. The van der Waals surface area contributed by atoms with E-state index in [4.69, 9.17) is 4.74 Å². The van der Waals surface area contributed by atoms with E-state index < -0.39 is 0 Å². The molecule has 1 aliphatic heterocycles. The molecule has 1 saturated heterocycles. The number of nitrogens with zero attached hydrogens (tertiary/aromatic N) is 2. The Bertz CT molecular complexity index is 243. The van der Waals surface area contributed by atoms with Crippen molar-refractivity contribution in [1.29, 1.82) is 0 Å². The van der Waals surface area contributed by atoms with Crippen molar-refractivity contribution < 1.29 is 9.26 Å². The molecule has 5 heteroatoms. The topological polar surface area (TPSA) is 60.2 Å². The summed E-state index contributed by atoms with van der Waals surface area (Å²) in [4.78, 5) is 3.95. The van der Waals surface area contributed by atoms with Gasteiger partial charge in [0.15, 0.2) is 5.82 Å². The van der Waals surface area contributed by atoms with Crippen molar-refractivity contribution in [2.24, 2.45) is 0 Å². The Morgan fingerprint density at radius 1 is 1.43 bits per heavy atom. The molecular formula is C9H15N3O2. The quantitative estimate of drug-likeness (QED) is 0.774. The first-order valence-electron chi connectivity index (χ1n) is 5.01. The Morgan fingerprint density at radius 3 is 3.29 bits per heavy atom. The van der Waals surface area contributed by atoms with Crippen molar-refractivity contribution in [3.8, 4) is 0 Å². The maximum absolute atomic E-state index is 5.37. The molecule has 1 fully saturated rings. The summed E-state index contributed by atoms with van der Waals surface area (Å²) in [5.41, 5.74) is 0. The molecule has 78 valence electrons. The van der Waals surface area contributed by atoms with Gasteiger partial charge in [-0.1, -0.05) is 5.16 Å². The van der Waals surface area contributed by atoms with Crippen molar-refractivity contribution >= 4 is 0 Å². The Labute approximate surface area is 82.8 Å². The van der Waals surface area contributed by atoms with E-state index in [-0.39, 0.29) is 0 Å². The van der Waals surface area contributed by atoms with E-state index in [2.05, 4.69) is 20.0 Å². The Kier molecular flexibility index (Phi) is 3.48. The molecule has 0 radical (unpaired) electrons. The fraction of sp³-hybridized carbons (Fsp3) is 0.778. The molecule has 2 rings (SSSR count). The van der Waals surface area contributed by atoms with Crippen LogP contribution in [0.1, 0.15) is 25.1 Å². The molecule has 1 aromatic heterocycles. The molecule has 1 aromatic rings. The molecule has 0 aliphatic carbocycles. The molecule has 14 heavy (non-hydrogen) atoms. The van der Waals surface area contributed by atoms with Crippen molar-refractivity contribution in [2.75, 3.05) is 13.2 Å². The van der Waals surface area contributed by atoms with E-state index >= 15 is 0 Å². The van der Waals surface area contributed by atoms with Crippen LogP contribution in [0.5, 0.6) is 0 Å². The van der Waals surface area contributed by atoms with Gasteiger partial charge in [-0.05, 0) is 19.3 Å². The number of aromatic nitrogens is 2. The van der Waals surface area contributed by atoms with Crippen LogP contribution < -0.4 is 5.32 Å². The van der Waals surface area contributed by atoms with Gasteiger partial charge in [0, 0.05) is 19.3 Å². The van der Waals surface area contributed by atoms with Gasteiger partial charge in [0.1, 0.15) is 0 Å². The summed E-state index contributed by atoms with van der Waals surface area (Å²) in [6.45, 7) is 2.42. The van der Waals surface area contributed by atoms with Gasteiger partial charge in [-0.3, -0.25) is 0 Å². The minimum absolute atomic E-state index is 0.524. The molecule has 2 heterocycles. The van der Waals surface area contributed by atoms with Gasteiger partial charge >= 0.3 is 0 Å². The van der Waals surface area contributed by atoms with Gasteiger partial charge in [0.2, 0.25) is 6.39 Å².